The number of likely N-dealkylation sites (N-methyl/N-ethyl adjacent to an activating group) is 1. The van der Waals surface area contributed by atoms with Gasteiger partial charge in [0.05, 0.1) is 6.54 Å². The van der Waals surface area contributed by atoms with Crippen molar-refractivity contribution in [3.05, 3.63) is 0 Å². The minimum absolute atomic E-state index is 0.200. The van der Waals surface area contributed by atoms with Crippen molar-refractivity contribution in [1.82, 2.24) is 20.4 Å². The van der Waals surface area contributed by atoms with Crippen LogP contribution < -0.4 is 10.6 Å². The summed E-state index contributed by atoms with van der Waals surface area (Å²) in [5.41, 5.74) is 0. The van der Waals surface area contributed by atoms with Gasteiger partial charge in [-0.3, -0.25) is 14.7 Å². The van der Waals surface area contributed by atoms with E-state index in [2.05, 4.69) is 29.4 Å². The number of hydrogen-bond acceptors (Lipinski definition) is 3. The van der Waals surface area contributed by atoms with Crippen molar-refractivity contribution in [3.8, 4) is 0 Å². The number of amides is 1. The first-order valence-electron chi connectivity index (χ1n) is 9.20. The van der Waals surface area contributed by atoms with Gasteiger partial charge in [0.2, 0.25) is 5.91 Å². The molecule has 1 rings (SSSR count). The fraction of sp³-hybridized carbons (Fsp3) is 0.882. The Morgan fingerprint density at radius 3 is 2.57 bits per heavy atom. The van der Waals surface area contributed by atoms with Crippen molar-refractivity contribution in [2.45, 2.75) is 53.0 Å². The molecule has 0 bridgehead atoms. The summed E-state index contributed by atoms with van der Waals surface area (Å²) in [6.07, 6.45) is 3.02. The molecule has 1 aliphatic rings. The maximum atomic E-state index is 12.0. The van der Waals surface area contributed by atoms with Crippen molar-refractivity contribution in [1.29, 1.82) is 0 Å². The highest BCUT2D eigenvalue weighted by molar-refractivity contribution is 5.81. The fourth-order valence-electron chi connectivity index (χ4n) is 3.08. The Hall–Kier alpha value is -1.30. The van der Waals surface area contributed by atoms with E-state index in [0.717, 1.165) is 38.7 Å². The predicted molar refractivity (Wildman–Crippen MR) is 96.8 cm³/mol. The predicted octanol–water partition coefficient (Wildman–Crippen LogP) is 1.28. The molecule has 1 unspecified atom stereocenters. The molecule has 2 N–H and O–H groups in total. The monoisotopic (exact) mass is 325 g/mol. The van der Waals surface area contributed by atoms with E-state index in [1.165, 1.54) is 19.4 Å². The van der Waals surface area contributed by atoms with Crippen LogP contribution in [-0.4, -0.2) is 73.5 Å². The number of carbonyl (C=O) groups excluding carboxylic acids is 1. The molecule has 134 valence electrons. The first-order chi connectivity index (χ1) is 11.2. The highest BCUT2D eigenvalue weighted by atomic mass is 16.2. The van der Waals surface area contributed by atoms with E-state index in [4.69, 9.17) is 4.99 Å². The van der Waals surface area contributed by atoms with Crippen LogP contribution in [0.2, 0.25) is 0 Å². The number of aliphatic imine (C=N–C) groups is 1. The van der Waals surface area contributed by atoms with Gasteiger partial charge in [0.25, 0.3) is 0 Å². The number of nitrogens with zero attached hydrogens (tertiary/aromatic N) is 3. The largest absolute Gasteiger partial charge is 0.357 e. The topological polar surface area (TPSA) is 60.0 Å². The van der Waals surface area contributed by atoms with Gasteiger partial charge in [0.15, 0.2) is 5.96 Å². The molecular weight excluding hydrogens is 290 g/mol. The Morgan fingerprint density at radius 2 is 1.96 bits per heavy atom. The van der Waals surface area contributed by atoms with Crippen molar-refractivity contribution < 1.29 is 4.79 Å². The van der Waals surface area contributed by atoms with Crippen molar-refractivity contribution in [3.63, 3.8) is 0 Å². The Kier molecular flexibility index (Phi) is 9.67. The van der Waals surface area contributed by atoms with E-state index in [9.17, 15) is 4.79 Å². The fourth-order valence-corrected chi connectivity index (χ4v) is 3.08. The lowest BCUT2D eigenvalue weighted by molar-refractivity contribution is -0.130. The third-order valence-corrected chi connectivity index (χ3v) is 4.46. The molecule has 0 aliphatic carbocycles. The Bertz CT molecular complexity index is 368. The van der Waals surface area contributed by atoms with Crippen LogP contribution in [0.25, 0.3) is 0 Å². The zero-order chi connectivity index (χ0) is 17.1. The molecule has 6 nitrogen and oxygen atoms in total. The number of guanidine groups is 1. The van der Waals surface area contributed by atoms with Crippen molar-refractivity contribution in [2.24, 2.45) is 4.99 Å². The quantitative estimate of drug-likeness (QED) is 0.495. The minimum atomic E-state index is 0.200. The molecule has 1 amide bonds. The van der Waals surface area contributed by atoms with Crippen LogP contribution in [0.3, 0.4) is 0 Å². The van der Waals surface area contributed by atoms with Gasteiger partial charge in [-0.2, -0.15) is 0 Å². The maximum Gasteiger partial charge on any atom is 0.224 e. The van der Waals surface area contributed by atoms with Crippen LogP contribution in [0.5, 0.6) is 0 Å². The zero-order valence-electron chi connectivity index (χ0n) is 15.4. The molecule has 0 aromatic carbocycles. The third kappa shape index (κ3) is 6.77. The molecule has 0 aromatic heterocycles. The highest BCUT2D eigenvalue weighted by Crippen LogP contribution is 2.16. The number of nitrogens with one attached hydrogen (secondary N) is 2. The van der Waals surface area contributed by atoms with Crippen LogP contribution in [0.4, 0.5) is 0 Å². The first-order valence-corrected chi connectivity index (χ1v) is 9.20. The average molecular weight is 326 g/mol. The summed E-state index contributed by atoms with van der Waals surface area (Å²) in [4.78, 5) is 21.1. The van der Waals surface area contributed by atoms with Gasteiger partial charge in [-0.1, -0.05) is 6.92 Å². The van der Waals surface area contributed by atoms with Crippen molar-refractivity contribution in [2.75, 3.05) is 45.8 Å². The van der Waals surface area contributed by atoms with Crippen molar-refractivity contribution >= 4 is 11.9 Å². The summed E-state index contributed by atoms with van der Waals surface area (Å²) in [5, 5.41) is 6.55. The molecule has 0 saturated carbocycles. The first kappa shape index (κ1) is 19.7. The molecule has 1 saturated heterocycles. The second-order valence-electron chi connectivity index (χ2n) is 5.89. The number of likely N-dealkylation sites (tertiary alicyclic amines) is 1. The number of rotatable bonds is 9. The van der Waals surface area contributed by atoms with E-state index in [-0.39, 0.29) is 5.91 Å². The Balaban J connectivity index is 2.42. The SMILES string of the molecule is CCNC(=NCC1CCCN1CC)NCCC(=O)N(CC)CC. The molecule has 1 aliphatic heterocycles. The van der Waals surface area contributed by atoms with Gasteiger partial charge in [0, 0.05) is 38.6 Å². The van der Waals surface area contributed by atoms with Gasteiger partial charge in [-0.25, -0.2) is 0 Å². The van der Waals surface area contributed by atoms with Gasteiger partial charge < -0.3 is 15.5 Å². The lowest BCUT2D eigenvalue weighted by Crippen LogP contribution is -2.41. The summed E-state index contributed by atoms with van der Waals surface area (Å²) in [6.45, 7) is 14.4. The molecule has 0 radical (unpaired) electrons. The number of hydrogen-bond donors (Lipinski definition) is 2. The standard InChI is InChI=1S/C17H35N5O/c1-5-18-17(19-12-11-16(23)21(6-2)7-3)20-14-15-10-9-13-22(15)8-4/h15H,5-14H2,1-4H3,(H2,18,19,20). The molecule has 1 atom stereocenters. The second-order valence-corrected chi connectivity index (χ2v) is 5.89. The van der Waals surface area contributed by atoms with Gasteiger partial charge >= 0.3 is 0 Å². The minimum Gasteiger partial charge on any atom is -0.357 e. The van der Waals surface area contributed by atoms with E-state index in [0.29, 0.717) is 19.0 Å². The van der Waals surface area contributed by atoms with E-state index in [1.54, 1.807) is 0 Å². The normalized spacial score (nSPS) is 19.0. The van der Waals surface area contributed by atoms with Crippen LogP contribution in [0.15, 0.2) is 4.99 Å². The van der Waals surface area contributed by atoms with E-state index >= 15 is 0 Å². The molecule has 6 heteroatoms. The van der Waals surface area contributed by atoms with Crippen LogP contribution in [-0.2, 0) is 4.79 Å². The van der Waals surface area contributed by atoms with E-state index in [1.807, 2.05) is 18.7 Å². The lowest BCUT2D eigenvalue weighted by atomic mass is 10.2. The highest BCUT2D eigenvalue weighted by Gasteiger charge is 2.22. The molecule has 1 heterocycles. The van der Waals surface area contributed by atoms with Crippen LogP contribution >= 0.6 is 0 Å². The Labute approximate surface area is 141 Å². The molecular formula is C17H35N5O. The summed E-state index contributed by atoms with van der Waals surface area (Å²) in [5.74, 6) is 1.02. The van der Waals surface area contributed by atoms with Crippen LogP contribution in [0, 0.1) is 0 Å². The average Bonchev–Trinajstić information content (AvgIpc) is 3.01. The van der Waals surface area contributed by atoms with E-state index < -0.39 is 0 Å². The summed E-state index contributed by atoms with van der Waals surface area (Å²) >= 11 is 0. The Morgan fingerprint density at radius 1 is 1.22 bits per heavy atom. The molecule has 0 aromatic rings. The van der Waals surface area contributed by atoms with Gasteiger partial charge in [0.1, 0.15) is 0 Å². The van der Waals surface area contributed by atoms with Gasteiger partial charge in [-0.05, 0) is 46.7 Å². The molecule has 23 heavy (non-hydrogen) atoms. The molecule has 1 fully saturated rings. The second kappa shape index (κ2) is 11.3. The number of carbonyl (C=O) groups is 1. The zero-order valence-corrected chi connectivity index (χ0v) is 15.4. The smallest absolute Gasteiger partial charge is 0.224 e. The summed E-state index contributed by atoms with van der Waals surface area (Å²) in [6, 6.07) is 0.563. The van der Waals surface area contributed by atoms with Crippen LogP contribution in [0.1, 0.15) is 47.0 Å². The lowest BCUT2D eigenvalue weighted by Gasteiger charge is -2.22. The summed E-state index contributed by atoms with van der Waals surface area (Å²) in [7, 11) is 0. The molecule has 0 spiro atoms. The third-order valence-electron chi connectivity index (χ3n) is 4.46. The maximum absolute atomic E-state index is 12.0. The summed E-state index contributed by atoms with van der Waals surface area (Å²) < 4.78 is 0. The van der Waals surface area contributed by atoms with Gasteiger partial charge in [-0.15, -0.1) is 0 Å².